The van der Waals surface area contributed by atoms with E-state index in [1.54, 1.807) is 7.11 Å². The number of hydrogen-bond acceptors (Lipinski definition) is 5. The van der Waals surface area contributed by atoms with Gasteiger partial charge >= 0.3 is 0 Å². The van der Waals surface area contributed by atoms with E-state index < -0.39 is 0 Å². The fraction of sp³-hybridized carbons (Fsp3) is 0.923. The predicted molar refractivity (Wildman–Crippen MR) is 88.4 cm³/mol. The summed E-state index contributed by atoms with van der Waals surface area (Å²) >= 11 is 0. The third-order valence-electron chi connectivity index (χ3n) is 3.53. The zero-order valence-electron chi connectivity index (χ0n) is 13.1. The van der Waals surface area contributed by atoms with E-state index in [0.29, 0.717) is 19.5 Å². The molecule has 1 unspecified atom stereocenters. The Morgan fingerprint density at radius 2 is 2.14 bits per heavy atom. The Kier molecular flexibility index (Phi) is 12.6. The van der Waals surface area contributed by atoms with E-state index >= 15 is 0 Å². The number of halogens is 2. The fourth-order valence-electron chi connectivity index (χ4n) is 2.18. The van der Waals surface area contributed by atoms with Crippen LogP contribution in [0.15, 0.2) is 0 Å². The monoisotopic (exact) mass is 345 g/mol. The van der Waals surface area contributed by atoms with Gasteiger partial charge in [-0.15, -0.1) is 24.8 Å². The molecule has 0 aromatic carbocycles. The molecule has 1 atom stereocenters. The number of hydrogen-bond donors (Lipinski definition) is 2. The summed E-state index contributed by atoms with van der Waals surface area (Å²) in [5.74, 6) is -0.0108. The maximum atomic E-state index is 11.7. The van der Waals surface area contributed by atoms with Crippen LogP contribution in [0.2, 0.25) is 0 Å². The number of carbonyl (C=O) groups is 1. The van der Waals surface area contributed by atoms with Crippen LogP contribution in [0.5, 0.6) is 0 Å². The van der Waals surface area contributed by atoms with Crippen molar-refractivity contribution in [1.29, 1.82) is 0 Å². The van der Waals surface area contributed by atoms with Gasteiger partial charge in [-0.05, 0) is 13.8 Å². The average Bonchev–Trinajstić information content (AvgIpc) is 2.37. The first kappa shape index (κ1) is 23.2. The Hall–Kier alpha value is -0.110. The Morgan fingerprint density at radius 1 is 1.48 bits per heavy atom. The Balaban J connectivity index is 0. The molecule has 1 aliphatic heterocycles. The highest BCUT2D eigenvalue weighted by molar-refractivity contribution is 5.85. The second-order valence-electron chi connectivity index (χ2n) is 5.50. The SMILES string of the molecule is COC(CN)CC(=O)NCCN1CCOCC1(C)C.Cl.Cl. The summed E-state index contributed by atoms with van der Waals surface area (Å²) in [6, 6.07) is 0. The highest BCUT2D eigenvalue weighted by atomic mass is 35.5. The highest BCUT2D eigenvalue weighted by Gasteiger charge is 2.29. The molecule has 8 heteroatoms. The number of nitrogens with zero attached hydrogens (tertiary/aromatic N) is 1. The van der Waals surface area contributed by atoms with Crippen molar-refractivity contribution in [2.24, 2.45) is 5.73 Å². The van der Waals surface area contributed by atoms with Gasteiger partial charge in [0.1, 0.15) is 0 Å². The maximum absolute atomic E-state index is 11.7. The lowest BCUT2D eigenvalue weighted by Gasteiger charge is -2.42. The predicted octanol–water partition coefficient (Wildman–Crippen LogP) is 0.421. The van der Waals surface area contributed by atoms with Crippen molar-refractivity contribution in [3.8, 4) is 0 Å². The molecule has 0 spiro atoms. The molecule has 21 heavy (non-hydrogen) atoms. The van der Waals surface area contributed by atoms with E-state index in [4.69, 9.17) is 15.2 Å². The number of morpholine rings is 1. The molecule has 0 bridgehead atoms. The summed E-state index contributed by atoms with van der Waals surface area (Å²) in [4.78, 5) is 14.0. The minimum Gasteiger partial charge on any atom is -0.380 e. The smallest absolute Gasteiger partial charge is 0.222 e. The molecule has 0 radical (unpaired) electrons. The van der Waals surface area contributed by atoms with Gasteiger partial charge in [0.2, 0.25) is 5.91 Å². The van der Waals surface area contributed by atoms with E-state index in [2.05, 4.69) is 24.1 Å². The summed E-state index contributed by atoms with van der Waals surface area (Å²) in [6.07, 6.45) is 0.124. The normalized spacial score (nSPS) is 19.0. The van der Waals surface area contributed by atoms with Gasteiger partial charge in [-0.25, -0.2) is 0 Å². The highest BCUT2D eigenvalue weighted by Crippen LogP contribution is 2.17. The van der Waals surface area contributed by atoms with Gasteiger partial charge in [-0.3, -0.25) is 9.69 Å². The third kappa shape index (κ3) is 8.18. The molecule has 0 aliphatic carbocycles. The van der Waals surface area contributed by atoms with E-state index in [-0.39, 0.29) is 42.4 Å². The van der Waals surface area contributed by atoms with E-state index in [1.807, 2.05) is 0 Å². The molecule has 1 fully saturated rings. The van der Waals surface area contributed by atoms with Crippen LogP contribution >= 0.6 is 24.8 Å². The molecule has 1 amide bonds. The third-order valence-corrected chi connectivity index (χ3v) is 3.53. The van der Waals surface area contributed by atoms with Crippen LogP contribution < -0.4 is 11.1 Å². The van der Waals surface area contributed by atoms with Crippen molar-refractivity contribution in [3.63, 3.8) is 0 Å². The number of amides is 1. The molecular formula is C13H29Cl2N3O3. The Labute approximate surface area is 139 Å². The van der Waals surface area contributed by atoms with E-state index in [1.165, 1.54) is 0 Å². The lowest BCUT2D eigenvalue weighted by Crippen LogP contribution is -2.54. The molecule has 0 aromatic heterocycles. The van der Waals surface area contributed by atoms with Gasteiger partial charge in [0, 0.05) is 38.8 Å². The van der Waals surface area contributed by atoms with Crippen LogP contribution in [0.4, 0.5) is 0 Å². The van der Waals surface area contributed by atoms with Gasteiger partial charge < -0.3 is 20.5 Å². The van der Waals surface area contributed by atoms with Crippen LogP contribution in [0.25, 0.3) is 0 Å². The second kappa shape index (κ2) is 11.5. The largest absolute Gasteiger partial charge is 0.380 e. The summed E-state index contributed by atoms with van der Waals surface area (Å²) in [6.45, 7) is 8.56. The summed E-state index contributed by atoms with van der Waals surface area (Å²) in [5, 5.41) is 2.91. The van der Waals surface area contributed by atoms with Gasteiger partial charge in [0.15, 0.2) is 0 Å². The molecule has 1 rings (SSSR count). The minimum atomic E-state index is -0.195. The van der Waals surface area contributed by atoms with E-state index in [0.717, 1.165) is 26.3 Å². The molecule has 3 N–H and O–H groups in total. The minimum absolute atomic E-state index is 0. The standard InChI is InChI=1S/C13H27N3O3.2ClH/c1-13(2)10-19-7-6-16(13)5-4-15-12(17)8-11(9-14)18-3;;/h11H,4-10,14H2,1-3H3,(H,15,17);2*1H. The average molecular weight is 346 g/mol. The van der Waals surface area contributed by atoms with Crippen molar-refractivity contribution in [3.05, 3.63) is 0 Å². The van der Waals surface area contributed by atoms with Crippen molar-refractivity contribution >= 4 is 30.7 Å². The van der Waals surface area contributed by atoms with Crippen LogP contribution in [0, 0.1) is 0 Å². The fourth-order valence-corrected chi connectivity index (χ4v) is 2.18. The number of ether oxygens (including phenoxy) is 2. The number of methoxy groups -OCH3 is 1. The van der Waals surface area contributed by atoms with Crippen LogP contribution in [0.1, 0.15) is 20.3 Å². The van der Waals surface area contributed by atoms with Crippen molar-refractivity contribution in [1.82, 2.24) is 10.2 Å². The summed E-state index contributed by atoms with van der Waals surface area (Å²) in [5.41, 5.74) is 5.52. The van der Waals surface area contributed by atoms with E-state index in [9.17, 15) is 4.79 Å². The first-order valence-electron chi connectivity index (χ1n) is 6.82. The van der Waals surface area contributed by atoms with Crippen molar-refractivity contribution in [2.75, 3.05) is 46.5 Å². The van der Waals surface area contributed by atoms with Gasteiger partial charge in [-0.1, -0.05) is 0 Å². The quantitative estimate of drug-likeness (QED) is 0.699. The molecule has 128 valence electrons. The van der Waals surface area contributed by atoms with Gasteiger partial charge in [0.25, 0.3) is 0 Å². The summed E-state index contributed by atoms with van der Waals surface area (Å²) < 4.78 is 10.6. The van der Waals surface area contributed by atoms with Crippen molar-refractivity contribution in [2.45, 2.75) is 31.9 Å². The molecule has 0 aromatic rings. The number of nitrogens with two attached hydrogens (primary N) is 1. The number of rotatable bonds is 7. The van der Waals surface area contributed by atoms with Crippen molar-refractivity contribution < 1.29 is 14.3 Å². The Morgan fingerprint density at radius 3 is 2.67 bits per heavy atom. The van der Waals surface area contributed by atoms with Crippen LogP contribution in [0.3, 0.4) is 0 Å². The number of carbonyl (C=O) groups excluding carboxylic acids is 1. The molecule has 6 nitrogen and oxygen atoms in total. The zero-order chi connectivity index (χ0) is 14.3. The van der Waals surface area contributed by atoms with Gasteiger partial charge in [0.05, 0.1) is 25.7 Å². The molecule has 0 saturated carbocycles. The topological polar surface area (TPSA) is 76.8 Å². The van der Waals surface area contributed by atoms with Crippen LogP contribution in [-0.4, -0.2) is 69.0 Å². The second-order valence-corrected chi connectivity index (χ2v) is 5.50. The lowest BCUT2D eigenvalue weighted by atomic mass is 10.0. The zero-order valence-corrected chi connectivity index (χ0v) is 14.7. The lowest BCUT2D eigenvalue weighted by molar-refractivity contribution is -0.123. The molecule has 1 aliphatic rings. The Bertz CT molecular complexity index is 290. The summed E-state index contributed by atoms with van der Waals surface area (Å²) in [7, 11) is 1.57. The maximum Gasteiger partial charge on any atom is 0.222 e. The molecule has 1 heterocycles. The first-order chi connectivity index (χ1) is 8.99. The van der Waals surface area contributed by atoms with Crippen LogP contribution in [-0.2, 0) is 14.3 Å². The molecular weight excluding hydrogens is 317 g/mol. The first-order valence-corrected chi connectivity index (χ1v) is 6.82. The number of nitrogens with one attached hydrogen (secondary N) is 1. The molecule has 1 saturated heterocycles. The van der Waals surface area contributed by atoms with Gasteiger partial charge in [-0.2, -0.15) is 0 Å².